The molecule has 5 rings (SSSR count). The molecule has 0 spiro atoms. The van der Waals surface area contributed by atoms with E-state index in [1.165, 1.54) is 22.7 Å². The molecule has 40 heavy (non-hydrogen) atoms. The average Bonchev–Trinajstić information content (AvgIpc) is 3.63. The van der Waals surface area contributed by atoms with E-state index in [0.29, 0.717) is 15.8 Å². The average molecular weight is 568 g/mol. The zero-order valence-electron chi connectivity index (χ0n) is 21.5. The molecule has 2 atom stereocenters. The number of amides is 2. The standard InChI is InChI=1S/C29H25N7O2S2/c1-2-18-6-3-7-19(12-18)14-24(37)31-28-35-33-26(39-28)22-10-5-11-23(16-22)27-34-36-29(40-27)32-25(38)15-20-8-4-9-21(13-20)17-30/h1,3-4,6-9,12-13,22-23H,5,10-11,14-16H2,(H,31,35,37)(H,32,36,38)/t22-,23-/m0/s1. The first-order valence-electron chi connectivity index (χ1n) is 12.8. The predicted molar refractivity (Wildman–Crippen MR) is 154 cm³/mol. The van der Waals surface area contributed by atoms with Crippen molar-refractivity contribution < 1.29 is 9.59 Å². The van der Waals surface area contributed by atoms with Crippen LogP contribution in [0.1, 0.15) is 69.8 Å². The third-order valence-electron chi connectivity index (χ3n) is 6.63. The van der Waals surface area contributed by atoms with Crippen LogP contribution in [0, 0.1) is 23.7 Å². The lowest BCUT2D eigenvalue weighted by Gasteiger charge is -2.25. The van der Waals surface area contributed by atoms with Crippen molar-refractivity contribution in [3.05, 3.63) is 80.8 Å². The topological polar surface area (TPSA) is 134 Å². The molecule has 0 aliphatic heterocycles. The van der Waals surface area contributed by atoms with Gasteiger partial charge in [0.2, 0.25) is 22.1 Å². The lowest BCUT2D eigenvalue weighted by Crippen LogP contribution is -2.14. The Labute approximate surface area is 239 Å². The van der Waals surface area contributed by atoms with E-state index in [9.17, 15) is 9.59 Å². The summed E-state index contributed by atoms with van der Waals surface area (Å²) in [7, 11) is 0. The highest BCUT2D eigenvalue weighted by molar-refractivity contribution is 7.15. The summed E-state index contributed by atoms with van der Waals surface area (Å²) in [5.74, 6) is 2.63. The smallest absolute Gasteiger partial charge is 0.230 e. The van der Waals surface area contributed by atoms with Gasteiger partial charge in [0, 0.05) is 17.4 Å². The van der Waals surface area contributed by atoms with Gasteiger partial charge >= 0.3 is 0 Å². The second-order valence-electron chi connectivity index (χ2n) is 9.56. The Morgan fingerprint density at radius 2 is 1.38 bits per heavy atom. The molecule has 0 radical (unpaired) electrons. The summed E-state index contributed by atoms with van der Waals surface area (Å²) >= 11 is 2.80. The van der Waals surface area contributed by atoms with E-state index in [1.807, 2.05) is 30.3 Å². The first-order chi connectivity index (χ1) is 19.5. The van der Waals surface area contributed by atoms with Crippen molar-refractivity contribution in [3.8, 4) is 18.4 Å². The molecule has 1 aliphatic carbocycles. The van der Waals surface area contributed by atoms with Crippen LogP contribution in [0.4, 0.5) is 10.3 Å². The molecule has 2 N–H and O–H groups in total. The Kier molecular flexibility index (Phi) is 8.55. The first-order valence-corrected chi connectivity index (χ1v) is 14.4. The molecule has 11 heteroatoms. The largest absolute Gasteiger partial charge is 0.300 e. The number of rotatable bonds is 8. The number of benzene rings is 2. The minimum absolute atomic E-state index is 0.156. The molecule has 4 aromatic rings. The van der Waals surface area contributed by atoms with Gasteiger partial charge in [0.05, 0.1) is 24.5 Å². The number of hydrogen-bond donors (Lipinski definition) is 2. The Morgan fingerprint density at radius 1 is 0.850 bits per heavy atom. The van der Waals surface area contributed by atoms with Crippen molar-refractivity contribution in [1.29, 1.82) is 5.26 Å². The van der Waals surface area contributed by atoms with E-state index in [1.54, 1.807) is 18.2 Å². The summed E-state index contributed by atoms with van der Waals surface area (Å²) in [6, 6.07) is 16.4. The van der Waals surface area contributed by atoms with Crippen LogP contribution in [0.3, 0.4) is 0 Å². The monoisotopic (exact) mass is 567 g/mol. The molecule has 2 amide bonds. The highest BCUT2D eigenvalue weighted by Gasteiger charge is 2.29. The highest BCUT2D eigenvalue weighted by Crippen LogP contribution is 2.43. The molecule has 0 bridgehead atoms. The maximum atomic E-state index is 12.5. The van der Waals surface area contributed by atoms with Gasteiger partial charge in [0.1, 0.15) is 10.0 Å². The molecule has 2 aromatic heterocycles. The molecule has 9 nitrogen and oxygen atoms in total. The molecule has 1 aliphatic rings. The summed E-state index contributed by atoms with van der Waals surface area (Å²) in [6.07, 6.45) is 9.65. The van der Waals surface area contributed by atoms with E-state index >= 15 is 0 Å². The second-order valence-corrected chi connectivity index (χ2v) is 11.6. The van der Waals surface area contributed by atoms with Crippen molar-refractivity contribution in [3.63, 3.8) is 0 Å². The van der Waals surface area contributed by atoms with Gasteiger partial charge in [-0.15, -0.1) is 26.8 Å². The van der Waals surface area contributed by atoms with Gasteiger partial charge in [-0.2, -0.15) is 5.26 Å². The lowest BCUT2D eigenvalue weighted by atomic mass is 9.82. The van der Waals surface area contributed by atoms with Crippen LogP contribution in [0.15, 0.2) is 48.5 Å². The van der Waals surface area contributed by atoms with Gasteiger partial charge < -0.3 is 10.6 Å². The summed E-state index contributed by atoms with van der Waals surface area (Å²) in [5, 5.41) is 34.6. The molecule has 2 heterocycles. The fraction of sp³-hybridized carbons (Fsp3) is 0.276. The van der Waals surface area contributed by atoms with E-state index < -0.39 is 0 Å². The van der Waals surface area contributed by atoms with E-state index in [-0.39, 0.29) is 36.5 Å². The number of carbonyl (C=O) groups excluding carboxylic acids is 2. The molecule has 1 fully saturated rings. The minimum Gasteiger partial charge on any atom is -0.300 e. The summed E-state index contributed by atoms with van der Waals surface area (Å²) < 4.78 is 0. The maximum absolute atomic E-state index is 12.5. The van der Waals surface area contributed by atoms with Gasteiger partial charge in [-0.25, -0.2) is 0 Å². The predicted octanol–water partition coefficient (Wildman–Crippen LogP) is 5.05. The van der Waals surface area contributed by atoms with Crippen molar-refractivity contribution >= 4 is 44.8 Å². The number of nitriles is 1. The number of nitrogens with zero attached hydrogens (tertiary/aromatic N) is 5. The quantitative estimate of drug-likeness (QED) is 0.285. The van der Waals surface area contributed by atoms with Gasteiger partial charge in [-0.05, 0) is 54.7 Å². The van der Waals surface area contributed by atoms with Gasteiger partial charge in [-0.3, -0.25) is 9.59 Å². The third kappa shape index (κ3) is 6.94. The van der Waals surface area contributed by atoms with Crippen molar-refractivity contribution in [2.24, 2.45) is 0 Å². The van der Waals surface area contributed by atoms with Crippen molar-refractivity contribution in [2.75, 3.05) is 10.6 Å². The molecular weight excluding hydrogens is 543 g/mol. The fourth-order valence-electron chi connectivity index (χ4n) is 4.76. The lowest BCUT2D eigenvalue weighted by molar-refractivity contribution is -0.116. The number of aromatic nitrogens is 4. The van der Waals surface area contributed by atoms with Gasteiger partial charge in [0.25, 0.3) is 0 Å². The SMILES string of the molecule is C#Cc1cccc(CC(=O)Nc2nnc([C@H]3CCC[C@H](c4nnc(NC(=O)Cc5cccc(C#N)c5)s4)C3)s2)c1. The molecule has 0 unspecified atom stereocenters. The van der Waals surface area contributed by atoms with Crippen LogP contribution in [0.2, 0.25) is 0 Å². The Hall–Kier alpha value is -4.45. The minimum atomic E-state index is -0.202. The van der Waals surface area contributed by atoms with Crippen molar-refractivity contribution in [1.82, 2.24) is 20.4 Å². The second kappa shape index (κ2) is 12.6. The highest BCUT2D eigenvalue weighted by atomic mass is 32.1. The molecule has 200 valence electrons. The normalized spacial score (nSPS) is 16.4. The van der Waals surface area contributed by atoms with Crippen molar-refractivity contribution in [2.45, 2.75) is 50.4 Å². The summed E-state index contributed by atoms with van der Waals surface area (Å²) in [4.78, 5) is 25.0. The van der Waals surface area contributed by atoms with Gasteiger partial charge in [-0.1, -0.05) is 59.3 Å². The van der Waals surface area contributed by atoms with Crippen LogP contribution in [-0.4, -0.2) is 32.2 Å². The third-order valence-corrected chi connectivity index (χ3v) is 8.63. The molecular formula is C29H25N7O2S2. The Bertz CT molecular complexity index is 1500. The number of nitrogens with one attached hydrogen (secondary N) is 2. The first kappa shape index (κ1) is 27.1. The summed E-state index contributed by atoms with van der Waals surface area (Å²) in [5.41, 5.74) is 2.87. The number of anilines is 2. The number of hydrogen-bond acceptors (Lipinski definition) is 9. The zero-order valence-corrected chi connectivity index (χ0v) is 23.1. The summed E-state index contributed by atoms with van der Waals surface area (Å²) in [6.45, 7) is 0. The number of terminal acetylenes is 1. The van der Waals surface area contributed by atoms with Gasteiger partial charge in [0.15, 0.2) is 0 Å². The van der Waals surface area contributed by atoms with Crippen LogP contribution < -0.4 is 10.6 Å². The zero-order chi connectivity index (χ0) is 27.9. The van der Waals surface area contributed by atoms with E-state index in [4.69, 9.17) is 11.7 Å². The molecule has 2 aromatic carbocycles. The van der Waals surface area contributed by atoms with Crippen LogP contribution in [0.5, 0.6) is 0 Å². The fourth-order valence-corrected chi connectivity index (χ4v) is 6.57. The Morgan fingerprint density at radius 3 is 1.90 bits per heavy atom. The number of carbonyl (C=O) groups is 2. The van der Waals surface area contributed by atoms with E-state index in [2.05, 4.69) is 43.0 Å². The Balaban J connectivity index is 1.15. The molecule has 0 saturated heterocycles. The molecule has 1 saturated carbocycles. The van der Waals surface area contributed by atoms with Crippen LogP contribution >= 0.6 is 22.7 Å². The van der Waals surface area contributed by atoms with E-state index in [0.717, 1.165) is 52.4 Å². The maximum Gasteiger partial charge on any atom is 0.230 e. The van der Waals surface area contributed by atoms with Crippen LogP contribution in [0.25, 0.3) is 0 Å². The van der Waals surface area contributed by atoms with Crippen LogP contribution in [-0.2, 0) is 22.4 Å².